The number of halogens is 1. The summed E-state index contributed by atoms with van der Waals surface area (Å²) in [6, 6.07) is 16.5. The molecule has 61 heavy (non-hydrogen) atoms. The molecule has 0 unspecified atom stereocenters. The molecule has 0 spiro atoms. The van der Waals surface area contributed by atoms with Crippen molar-refractivity contribution in [3.8, 4) is 0 Å². The minimum absolute atomic E-state index is 0.0492. The standard InChI is InChI=1S/C15H21N3O6S.C15H23N3O4S.C6H4ClNO4S/c1-15(2,3)24-14(19)16-8-10-17(11-9-16)25(22,23)13-7-5-4-6-12(13)18(20)21;1-15(2,3)22-14(19)17-8-10-18(11-9-17)23(20,21)13-7-5-4-6-12(13)16;7-13(11,12)6-4-2-1-3-5(6)8(9)10/h4-7H,8-11H2,1-3H3;4-7H,8-11,16H2,1-3H3;1-4H. The molecule has 21 nitrogen and oxygen atoms in total. The SMILES string of the molecule is CC(C)(C)OC(=O)N1CCN(S(=O)(=O)c2ccccc2N)CC1.CC(C)(C)OC(=O)N1CCN(S(=O)(=O)c2ccccc2[N+](=O)[O-])CC1.O=[N+]([O-])c1ccccc1S(=O)(=O)Cl. The lowest BCUT2D eigenvalue weighted by Crippen LogP contribution is -2.51. The third-order valence-corrected chi connectivity index (χ3v) is 13.6. The molecule has 25 heteroatoms. The van der Waals surface area contributed by atoms with Crippen LogP contribution >= 0.6 is 10.7 Å². The number of nitrogens with two attached hydrogens (primary N) is 1. The number of piperazine rings is 2. The van der Waals surface area contributed by atoms with Crippen molar-refractivity contribution in [2.24, 2.45) is 0 Å². The number of benzene rings is 3. The second-order valence-electron chi connectivity index (χ2n) is 15.2. The monoisotopic (exact) mass is 933 g/mol. The number of nitro benzene ring substituents is 2. The number of sulfonamides is 2. The summed E-state index contributed by atoms with van der Waals surface area (Å²) in [6.45, 7) is 12.1. The van der Waals surface area contributed by atoms with Crippen LogP contribution in [0.1, 0.15) is 41.5 Å². The lowest BCUT2D eigenvalue weighted by Gasteiger charge is -2.35. The summed E-state index contributed by atoms with van der Waals surface area (Å²) < 4.78 is 85.4. The van der Waals surface area contributed by atoms with Gasteiger partial charge < -0.3 is 25.0 Å². The molecule has 2 amide bonds. The van der Waals surface area contributed by atoms with Gasteiger partial charge in [-0.2, -0.15) is 8.61 Å². The summed E-state index contributed by atoms with van der Waals surface area (Å²) in [5, 5.41) is 21.4. The number of nitrogen functional groups attached to an aromatic ring is 1. The molecule has 5 rings (SSSR count). The fraction of sp³-hybridized carbons (Fsp3) is 0.444. The molecular weight excluding hydrogens is 886 g/mol. The first-order valence-corrected chi connectivity index (χ1v) is 23.5. The van der Waals surface area contributed by atoms with Crippen LogP contribution in [0.15, 0.2) is 87.5 Å². The van der Waals surface area contributed by atoms with E-state index in [4.69, 9.17) is 25.9 Å². The van der Waals surface area contributed by atoms with Gasteiger partial charge in [0.25, 0.3) is 20.4 Å². The average molecular weight is 934 g/mol. The molecule has 3 aromatic carbocycles. The predicted octanol–water partition coefficient (Wildman–Crippen LogP) is 4.87. The van der Waals surface area contributed by atoms with Crippen LogP contribution in [0, 0.1) is 20.2 Å². The normalized spacial score (nSPS) is 15.6. The number of hydrogen-bond acceptors (Lipinski definition) is 15. The molecule has 2 fully saturated rings. The highest BCUT2D eigenvalue weighted by molar-refractivity contribution is 8.13. The zero-order chi connectivity index (χ0) is 46.1. The van der Waals surface area contributed by atoms with Crippen LogP contribution in [0.25, 0.3) is 0 Å². The quantitative estimate of drug-likeness (QED) is 0.143. The minimum Gasteiger partial charge on any atom is -0.444 e. The van der Waals surface area contributed by atoms with Gasteiger partial charge in [0, 0.05) is 75.2 Å². The Kier molecular flexibility index (Phi) is 16.6. The summed E-state index contributed by atoms with van der Waals surface area (Å²) in [4.78, 5) is 46.2. The number of carbonyl (C=O) groups is 2. The van der Waals surface area contributed by atoms with E-state index >= 15 is 0 Å². The highest BCUT2D eigenvalue weighted by atomic mass is 35.7. The van der Waals surface area contributed by atoms with Crippen LogP contribution in [0.4, 0.5) is 26.7 Å². The van der Waals surface area contributed by atoms with E-state index < -0.39 is 78.6 Å². The van der Waals surface area contributed by atoms with Crippen LogP contribution in [-0.2, 0) is 38.6 Å². The fourth-order valence-corrected chi connectivity index (χ4v) is 9.65. The molecule has 2 aliphatic heterocycles. The molecular formula is C36H48ClN7O14S3. The van der Waals surface area contributed by atoms with Crippen molar-refractivity contribution in [2.45, 2.75) is 67.4 Å². The molecule has 0 aliphatic carbocycles. The Labute approximate surface area is 358 Å². The van der Waals surface area contributed by atoms with E-state index in [2.05, 4.69) is 0 Å². The lowest BCUT2D eigenvalue weighted by atomic mass is 10.2. The maximum absolute atomic E-state index is 12.7. The molecule has 2 heterocycles. The van der Waals surface area contributed by atoms with E-state index in [-0.39, 0.29) is 54.7 Å². The van der Waals surface area contributed by atoms with Crippen molar-refractivity contribution in [1.29, 1.82) is 0 Å². The van der Waals surface area contributed by atoms with Crippen LogP contribution in [0.5, 0.6) is 0 Å². The molecule has 2 saturated heterocycles. The third kappa shape index (κ3) is 14.2. The van der Waals surface area contributed by atoms with Crippen LogP contribution in [-0.4, -0.2) is 129 Å². The van der Waals surface area contributed by atoms with Gasteiger partial charge in [0.15, 0.2) is 9.79 Å². The Hall–Kier alpha value is -5.14. The molecule has 0 saturated carbocycles. The van der Waals surface area contributed by atoms with Crippen molar-refractivity contribution in [2.75, 3.05) is 58.1 Å². The highest BCUT2D eigenvalue weighted by Crippen LogP contribution is 2.28. The van der Waals surface area contributed by atoms with E-state index in [1.165, 1.54) is 50.5 Å². The van der Waals surface area contributed by atoms with Gasteiger partial charge in [-0.15, -0.1) is 0 Å². The number of rotatable bonds is 7. The molecule has 0 aromatic heterocycles. The Morgan fingerprint density at radius 2 is 0.885 bits per heavy atom. The number of anilines is 1. The fourth-order valence-electron chi connectivity index (χ4n) is 5.51. The van der Waals surface area contributed by atoms with E-state index in [1.54, 1.807) is 59.7 Å². The second kappa shape index (κ2) is 20.2. The summed E-state index contributed by atoms with van der Waals surface area (Å²) in [7, 11) is -6.73. The van der Waals surface area contributed by atoms with E-state index in [9.17, 15) is 55.1 Å². The molecule has 336 valence electrons. The Bertz CT molecular complexity index is 2410. The van der Waals surface area contributed by atoms with Gasteiger partial charge in [0.05, 0.1) is 15.5 Å². The zero-order valence-electron chi connectivity index (χ0n) is 34.2. The van der Waals surface area contributed by atoms with Gasteiger partial charge in [-0.3, -0.25) is 20.2 Å². The Morgan fingerprint density at radius 1 is 0.574 bits per heavy atom. The topological polar surface area (TPSA) is 280 Å². The Balaban J connectivity index is 0.000000256. The largest absolute Gasteiger partial charge is 0.444 e. The number of carbonyl (C=O) groups excluding carboxylic acids is 2. The van der Waals surface area contributed by atoms with Gasteiger partial charge in [-0.05, 0) is 65.8 Å². The highest BCUT2D eigenvalue weighted by Gasteiger charge is 2.36. The van der Waals surface area contributed by atoms with E-state index in [0.29, 0.717) is 13.1 Å². The first-order chi connectivity index (χ1) is 28.1. The van der Waals surface area contributed by atoms with Crippen LogP contribution in [0.3, 0.4) is 0 Å². The number of ether oxygens (including phenoxy) is 2. The molecule has 0 bridgehead atoms. The van der Waals surface area contributed by atoms with Crippen LogP contribution in [0.2, 0.25) is 0 Å². The van der Waals surface area contributed by atoms with Crippen LogP contribution < -0.4 is 5.73 Å². The summed E-state index contributed by atoms with van der Waals surface area (Å²) in [6.07, 6.45) is -0.927. The van der Waals surface area contributed by atoms with Gasteiger partial charge in [-0.1, -0.05) is 36.4 Å². The van der Waals surface area contributed by atoms with Crippen molar-refractivity contribution in [3.05, 3.63) is 93.0 Å². The average Bonchev–Trinajstić information content (AvgIpc) is 3.17. The van der Waals surface area contributed by atoms with Gasteiger partial charge in [-0.25, -0.2) is 34.8 Å². The first-order valence-electron chi connectivity index (χ1n) is 18.3. The third-order valence-electron chi connectivity index (χ3n) is 8.32. The molecule has 0 radical (unpaired) electrons. The van der Waals surface area contributed by atoms with Gasteiger partial charge in [0.2, 0.25) is 20.0 Å². The summed E-state index contributed by atoms with van der Waals surface area (Å²) in [5.74, 6) is 0. The van der Waals surface area contributed by atoms with Gasteiger partial charge >= 0.3 is 12.2 Å². The summed E-state index contributed by atoms with van der Waals surface area (Å²) in [5.41, 5.74) is 3.81. The number of nitro groups is 2. The zero-order valence-corrected chi connectivity index (χ0v) is 37.4. The number of nitrogens with zero attached hydrogens (tertiary/aromatic N) is 6. The number of para-hydroxylation sites is 3. The lowest BCUT2D eigenvalue weighted by molar-refractivity contribution is -0.388. The first kappa shape index (κ1) is 50.2. The molecule has 2 aliphatic rings. The molecule has 3 aromatic rings. The van der Waals surface area contributed by atoms with E-state index in [1.807, 2.05) is 0 Å². The second-order valence-corrected chi connectivity index (χ2v) is 21.5. The Morgan fingerprint density at radius 3 is 1.21 bits per heavy atom. The van der Waals surface area contributed by atoms with Crippen molar-refractivity contribution in [3.63, 3.8) is 0 Å². The smallest absolute Gasteiger partial charge is 0.410 e. The van der Waals surface area contributed by atoms with E-state index in [0.717, 1.165) is 22.5 Å². The van der Waals surface area contributed by atoms with Crippen molar-refractivity contribution >= 4 is 69.0 Å². The number of hydrogen-bond donors (Lipinski definition) is 1. The van der Waals surface area contributed by atoms with Gasteiger partial charge in [0.1, 0.15) is 16.1 Å². The predicted molar refractivity (Wildman–Crippen MR) is 223 cm³/mol. The maximum atomic E-state index is 12.7. The maximum Gasteiger partial charge on any atom is 0.410 e. The van der Waals surface area contributed by atoms with Crippen molar-refractivity contribution in [1.82, 2.24) is 18.4 Å². The number of amides is 2. The summed E-state index contributed by atoms with van der Waals surface area (Å²) >= 11 is 0. The molecule has 2 N–H and O–H groups in total. The van der Waals surface area contributed by atoms with Crippen molar-refractivity contribution < 1.29 is 54.2 Å². The molecule has 0 atom stereocenters. The minimum atomic E-state index is -4.05.